The van der Waals surface area contributed by atoms with Gasteiger partial charge in [0.2, 0.25) is 5.78 Å². The summed E-state index contributed by atoms with van der Waals surface area (Å²) in [5.74, 6) is -0.215. The normalized spacial score (nSPS) is 16.8. The van der Waals surface area contributed by atoms with Crippen molar-refractivity contribution in [1.29, 1.82) is 0 Å². The van der Waals surface area contributed by atoms with Crippen LogP contribution in [0.4, 0.5) is 0 Å². The molecule has 1 unspecified atom stereocenters. The highest BCUT2D eigenvalue weighted by molar-refractivity contribution is 6.13. The van der Waals surface area contributed by atoms with Gasteiger partial charge in [-0.15, -0.1) is 0 Å². The molecule has 0 radical (unpaired) electrons. The molecule has 7 nitrogen and oxygen atoms in total. The number of ketones is 1. The molecule has 0 saturated carbocycles. The van der Waals surface area contributed by atoms with Crippen molar-refractivity contribution >= 4 is 17.7 Å². The highest BCUT2D eigenvalue weighted by atomic mass is 16.5. The molecule has 0 aliphatic carbocycles. The molecule has 0 spiro atoms. The van der Waals surface area contributed by atoms with E-state index in [0.717, 1.165) is 5.57 Å². The smallest absolute Gasteiger partial charge is 0.335 e. The number of carbonyl (C=O) groups is 3. The van der Waals surface area contributed by atoms with Crippen LogP contribution in [0.2, 0.25) is 0 Å². The van der Waals surface area contributed by atoms with E-state index in [-0.39, 0.29) is 23.5 Å². The molecule has 3 aromatic rings. The summed E-state index contributed by atoms with van der Waals surface area (Å²) >= 11 is 0. The number of Topliss-reactive ketones (excluding diaryl/α,β-unsaturated/α-hetero) is 1. The van der Waals surface area contributed by atoms with Crippen molar-refractivity contribution in [3.63, 3.8) is 0 Å². The van der Waals surface area contributed by atoms with Crippen molar-refractivity contribution in [3.05, 3.63) is 82.3 Å². The molecule has 3 heterocycles. The van der Waals surface area contributed by atoms with Gasteiger partial charge in [-0.2, -0.15) is 0 Å². The quantitative estimate of drug-likeness (QED) is 0.356. The maximum Gasteiger partial charge on any atom is 0.335 e. The summed E-state index contributed by atoms with van der Waals surface area (Å²) in [5, 5.41) is 9.25. The van der Waals surface area contributed by atoms with Crippen LogP contribution in [0.3, 0.4) is 0 Å². The van der Waals surface area contributed by atoms with E-state index in [4.69, 9.17) is 13.9 Å². The fraction of sp³-hybridized carbons (Fsp3) is 0.160. The Kier molecular flexibility index (Phi) is 4.48. The minimum absolute atomic E-state index is 0.0211. The molecule has 160 valence electrons. The van der Waals surface area contributed by atoms with E-state index in [0.29, 0.717) is 39.7 Å². The average molecular weight is 430 g/mol. The monoisotopic (exact) mass is 430 g/mol. The summed E-state index contributed by atoms with van der Waals surface area (Å²) < 4.78 is 17.4. The molecule has 0 saturated heterocycles. The first kappa shape index (κ1) is 19.8. The van der Waals surface area contributed by atoms with Gasteiger partial charge in [-0.1, -0.05) is 12.1 Å². The van der Waals surface area contributed by atoms with Gasteiger partial charge < -0.3 is 19.0 Å². The van der Waals surface area contributed by atoms with E-state index in [1.165, 1.54) is 12.1 Å². The average Bonchev–Trinajstić information content (AvgIpc) is 3.38. The van der Waals surface area contributed by atoms with Crippen LogP contribution < -0.4 is 9.47 Å². The third kappa shape index (κ3) is 3.10. The number of hydrogen-bond donors (Lipinski definition) is 1. The lowest BCUT2D eigenvalue weighted by Gasteiger charge is -2.24. The topological polar surface area (TPSA) is 103 Å². The third-order valence-corrected chi connectivity index (χ3v) is 5.57. The van der Waals surface area contributed by atoms with Gasteiger partial charge in [0.25, 0.3) is 0 Å². The Morgan fingerprint density at radius 3 is 2.59 bits per heavy atom. The summed E-state index contributed by atoms with van der Waals surface area (Å²) in [4.78, 5) is 36.3. The Labute approximate surface area is 182 Å². The number of aromatic carboxylic acids is 1. The molecule has 1 N–H and O–H groups in total. The van der Waals surface area contributed by atoms with Gasteiger partial charge in [0.15, 0.2) is 5.76 Å². The standard InChI is InChI=1S/C25H18O7/c1-12(2)23-22(27)15-6-7-19-21(24(15)32-23)16(11-20(26)31-19)18-9-8-17(30-18)13-4-3-5-14(10-13)25(28)29/h3-10,16H,11H2,1-2H3,(H,28,29). The number of benzene rings is 2. The minimum Gasteiger partial charge on any atom is -0.478 e. The van der Waals surface area contributed by atoms with Crippen LogP contribution in [0.15, 0.2) is 64.3 Å². The van der Waals surface area contributed by atoms with Crippen LogP contribution >= 0.6 is 0 Å². The maximum atomic E-state index is 12.7. The van der Waals surface area contributed by atoms with E-state index in [1.54, 1.807) is 50.2 Å². The molecule has 5 rings (SSSR count). The second kappa shape index (κ2) is 7.23. The van der Waals surface area contributed by atoms with Crippen molar-refractivity contribution in [3.8, 4) is 22.8 Å². The number of rotatable bonds is 3. The van der Waals surface area contributed by atoms with E-state index in [2.05, 4.69) is 0 Å². The summed E-state index contributed by atoms with van der Waals surface area (Å²) in [6.07, 6.45) is 0.0211. The van der Waals surface area contributed by atoms with Crippen molar-refractivity contribution in [2.75, 3.05) is 0 Å². The summed E-state index contributed by atoms with van der Waals surface area (Å²) in [6, 6.07) is 13.1. The molecule has 7 heteroatoms. The van der Waals surface area contributed by atoms with Crippen molar-refractivity contribution in [2.24, 2.45) is 0 Å². The number of carboxylic acid groups (broad SMARTS) is 1. The molecular weight excluding hydrogens is 412 g/mol. The van der Waals surface area contributed by atoms with Gasteiger partial charge in [-0.3, -0.25) is 9.59 Å². The van der Waals surface area contributed by atoms with Crippen LogP contribution in [-0.2, 0) is 4.79 Å². The molecule has 2 aliphatic heterocycles. The van der Waals surface area contributed by atoms with Crippen LogP contribution in [-0.4, -0.2) is 22.8 Å². The number of hydrogen-bond acceptors (Lipinski definition) is 6. The zero-order chi connectivity index (χ0) is 22.6. The second-order valence-corrected chi connectivity index (χ2v) is 7.93. The predicted molar refractivity (Wildman–Crippen MR) is 113 cm³/mol. The Hall–Kier alpha value is -4.13. The molecule has 1 atom stereocenters. The number of carbonyl (C=O) groups excluding carboxylic acids is 2. The highest BCUT2D eigenvalue weighted by Crippen LogP contribution is 2.49. The highest BCUT2D eigenvalue weighted by Gasteiger charge is 2.40. The van der Waals surface area contributed by atoms with Gasteiger partial charge in [0, 0.05) is 11.1 Å². The van der Waals surface area contributed by atoms with Crippen molar-refractivity contribution in [2.45, 2.75) is 26.2 Å². The fourth-order valence-corrected chi connectivity index (χ4v) is 4.07. The first-order valence-electron chi connectivity index (χ1n) is 10.0. The van der Waals surface area contributed by atoms with E-state index < -0.39 is 17.9 Å². The zero-order valence-electron chi connectivity index (χ0n) is 17.3. The fourth-order valence-electron chi connectivity index (χ4n) is 4.07. The Balaban J connectivity index is 1.60. The van der Waals surface area contributed by atoms with Gasteiger partial charge in [-0.05, 0) is 55.8 Å². The molecule has 2 aliphatic rings. The summed E-state index contributed by atoms with van der Waals surface area (Å²) in [5.41, 5.74) is 2.51. The van der Waals surface area contributed by atoms with Crippen LogP contribution in [0, 0.1) is 0 Å². The van der Waals surface area contributed by atoms with Gasteiger partial charge in [-0.25, -0.2) is 4.79 Å². The number of esters is 1. The Morgan fingerprint density at radius 1 is 1.03 bits per heavy atom. The SMILES string of the molecule is CC(C)=C1Oc2c(ccc3c2C(c2ccc(-c4cccc(C(=O)O)c4)o2)CC(=O)O3)C1=O. The lowest BCUT2D eigenvalue weighted by atomic mass is 9.88. The molecule has 1 aromatic heterocycles. The third-order valence-electron chi connectivity index (χ3n) is 5.57. The first-order chi connectivity index (χ1) is 15.3. The van der Waals surface area contributed by atoms with Crippen LogP contribution in [0.1, 0.15) is 58.2 Å². The molecular formula is C25H18O7. The van der Waals surface area contributed by atoms with E-state index in [9.17, 15) is 19.5 Å². The maximum absolute atomic E-state index is 12.7. The van der Waals surface area contributed by atoms with Gasteiger partial charge >= 0.3 is 11.9 Å². The molecule has 0 fully saturated rings. The number of carboxylic acids is 1. The summed E-state index contributed by atoms with van der Waals surface area (Å²) in [7, 11) is 0. The minimum atomic E-state index is -1.03. The zero-order valence-corrected chi connectivity index (χ0v) is 17.3. The Morgan fingerprint density at radius 2 is 1.84 bits per heavy atom. The number of allylic oxidation sites excluding steroid dienone is 2. The second-order valence-electron chi connectivity index (χ2n) is 7.93. The molecule has 32 heavy (non-hydrogen) atoms. The predicted octanol–water partition coefficient (Wildman–Crippen LogP) is 4.95. The first-order valence-corrected chi connectivity index (χ1v) is 10.0. The van der Waals surface area contributed by atoms with Gasteiger partial charge in [0.1, 0.15) is 23.0 Å². The summed E-state index contributed by atoms with van der Waals surface area (Å²) in [6.45, 7) is 3.60. The van der Waals surface area contributed by atoms with Crippen molar-refractivity contribution in [1.82, 2.24) is 0 Å². The number of fused-ring (bicyclic) bond motifs is 3. The van der Waals surface area contributed by atoms with Gasteiger partial charge in [0.05, 0.1) is 23.5 Å². The van der Waals surface area contributed by atoms with Crippen molar-refractivity contribution < 1.29 is 33.4 Å². The van der Waals surface area contributed by atoms with E-state index >= 15 is 0 Å². The lowest BCUT2D eigenvalue weighted by molar-refractivity contribution is -0.135. The van der Waals surface area contributed by atoms with E-state index in [1.807, 2.05) is 0 Å². The Bertz CT molecular complexity index is 1340. The number of furan rings is 1. The van der Waals surface area contributed by atoms with Crippen LogP contribution in [0.5, 0.6) is 11.5 Å². The molecule has 0 bridgehead atoms. The molecule has 0 amide bonds. The van der Waals surface area contributed by atoms with Crippen LogP contribution in [0.25, 0.3) is 11.3 Å². The number of ether oxygens (including phenoxy) is 2. The lowest BCUT2D eigenvalue weighted by Crippen LogP contribution is -2.21. The molecule has 2 aromatic carbocycles. The largest absolute Gasteiger partial charge is 0.478 e.